The molecule has 1 aromatic heterocycles. The summed E-state index contributed by atoms with van der Waals surface area (Å²) >= 11 is 0. The van der Waals surface area contributed by atoms with Crippen molar-refractivity contribution in [2.45, 2.75) is 13.0 Å². The lowest BCUT2D eigenvalue weighted by atomic mass is 10.2. The van der Waals surface area contributed by atoms with E-state index < -0.39 is 0 Å². The number of para-hydroxylation sites is 1. The Morgan fingerprint density at radius 2 is 2.12 bits per heavy atom. The molecule has 0 aliphatic carbocycles. The molecule has 1 atom stereocenters. The van der Waals surface area contributed by atoms with Crippen molar-refractivity contribution in [3.05, 3.63) is 58.7 Å². The first kappa shape index (κ1) is 10.3. The van der Waals surface area contributed by atoms with Gasteiger partial charge in [-0.25, -0.2) is 4.68 Å². The minimum absolute atomic E-state index is 0.192. The maximum Gasteiger partial charge on any atom is 0.0645 e. The molecule has 16 heavy (non-hydrogen) atoms. The molecule has 2 rings (SSSR count). The Kier molecular flexibility index (Phi) is 2.89. The Morgan fingerprint density at radius 3 is 2.81 bits per heavy atom. The van der Waals surface area contributed by atoms with Gasteiger partial charge < -0.3 is 0 Å². The van der Waals surface area contributed by atoms with Crippen LogP contribution in [0, 0.1) is 0 Å². The minimum Gasteiger partial charge on any atom is -0.241 e. The maximum atomic E-state index is 8.35. The van der Waals surface area contributed by atoms with Crippen molar-refractivity contribution < 1.29 is 0 Å². The molecule has 0 aliphatic rings. The zero-order valence-corrected chi connectivity index (χ0v) is 8.85. The fraction of sp³-hybridized carbons (Fsp3) is 0.182. The van der Waals surface area contributed by atoms with Gasteiger partial charge in [-0.2, -0.15) is 5.10 Å². The van der Waals surface area contributed by atoms with E-state index in [1.165, 1.54) is 0 Å². The van der Waals surface area contributed by atoms with Crippen LogP contribution in [0.3, 0.4) is 0 Å². The molecule has 0 bridgehead atoms. The topological polar surface area (TPSA) is 66.6 Å². The maximum absolute atomic E-state index is 8.35. The lowest BCUT2D eigenvalue weighted by molar-refractivity contribution is 0.806. The molecule has 80 valence electrons. The fourth-order valence-electron chi connectivity index (χ4n) is 1.42. The number of azide groups is 1. The SMILES string of the molecule is C[C@H](N=[N+]=[N-])c1cnn(-c2ccccc2)c1. The smallest absolute Gasteiger partial charge is 0.0645 e. The predicted molar refractivity (Wildman–Crippen MR) is 61.1 cm³/mol. The van der Waals surface area contributed by atoms with Crippen LogP contribution in [0.5, 0.6) is 0 Å². The van der Waals surface area contributed by atoms with Crippen LogP contribution in [0.1, 0.15) is 18.5 Å². The van der Waals surface area contributed by atoms with E-state index in [2.05, 4.69) is 15.1 Å². The second-order valence-electron chi connectivity index (χ2n) is 3.43. The molecule has 1 aromatic carbocycles. The minimum atomic E-state index is -0.192. The van der Waals surface area contributed by atoms with Gasteiger partial charge in [-0.15, -0.1) is 0 Å². The third-order valence-electron chi connectivity index (χ3n) is 2.33. The zero-order chi connectivity index (χ0) is 11.4. The summed E-state index contributed by atoms with van der Waals surface area (Å²) in [5.74, 6) is 0. The second-order valence-corrected chi connectivity index (χ2v) is 3.43. The number of nitrogens with zero attached hydrogens (tertiary/aromatic N) is 5. The molecule has 0 radical (unpaired) electrons. The van der Waals surface area contributed by atoms with Crippen molar-refractivity contribution in [3.8, 4) is 5.69 Å². The summed E-state index contributed by atoms with van der Waals surface area (Å²) in [5.41, 5.74) is 10.2. The average molecular weight is 213 g/mol. The van der Waals surface area contributed by atoms with Crippen LogP contribution in [0.15, 0.2) is 47.8 Å². The van der Waals surface area contributed by atoms with Crippen molar-refractivity contribution in [1.82, 2.24) is 9.78 Å². The number of hydrogen-bond donors (Lipinski definition) is 0. The van der Waals surface area contributed by atoms with Crippen molar-refractivity contribution in [3.63, 3.8) is 0 Å². The lowest BCUT2D eigenvalue weighted by Gasteiger charge is -2.00. The van der Waals surface area contributed by atoms with Gasteiger partial charge in [0.2, 0.25) is 0 Å². The van der Waals surface area contributed by atoms with E-state index in [4.69, 9.17) is 5.53 Å². The van der Waals surface area contributed by atoms with Crippen LogP contribution < -0.4 is 0 Å². The molecule has 5 nitrogen and oxygen atoms in total. The number of rotatable bonds is 3. The Balaban J connectivity index is 2.30. The third-order valence-corrected chi connectivity index (χ3v) is 2.33. The molecule has 5 heteroatoms. The first-order chi connectivity index (χ1) is 7.81. The quantitative estimate of drug-likeness (QED) is 0.438. The van der Waals surface area contributed by atoms with Crippen LogP contribution in [-0.2, 0) is 0 Å². The van der Waals surface area contributed by atoms with E-state index in [1.807, 2.05) is 43.5 Å². The summed E-state index contributed by atoms with van der Waals surface area (Å²) in [7, 11) is 0. The van der Waals surface area contributed by atoms with Gasteiger partial charge in [-0.3, -0.25) is 0 Å². The monoisotopic (exact) mass is 213 g/mol. The van der Waals surface area contributed by atoms with Gasteiger partial charge in [0, 0.05) is 11.1 Å². The fourth-order valence-corrected chi connectivity index (χ4v) is 1.42. The highest BCUT2D eigenvalue weighted by Gasteiger charge is 2.06. The average Bonchev–Trinajstić information content (AvgIpc) is 2.80. The van der Waals surface area contributed by atoms with Crippen molar-refractivity contribution >= 4 is 0 Å². The number of hydrogen-bond acceptors (Lipinski definition) is 2. The molecule has 0 amide bonds. The summed E-state index contributed by atoms with van der Waals surface area (Å²) in [6, 6.07) is 9.60. The molecule has 2 aromatic rings. The molecule has 0 fully saturated rings. The molecule has 0 saturated carbocycles. The molecule has 0 saturated heterocycles. The summed E-state index contributed by atoms with van der Waals surface area (Å²) in [5, 5.41) is 7.85. The molecular formula is C11H11N5. The van der Waals surface area contributed by atoms with E-state index in [0.717, 1.165) is 11.3 Å². The summed E-state index contributed by atoms with van der Waals surface area (Å²) < 4.78 is 1.76. The molecule has 0 spiro atoms. The van der Waals surface area contributed by atoms with Crippen LogP contribution in [-0.4, -0.2) is 9.78 Å². The normalized spacial score (nSPS) is 11.8. The summed E-state index contributed by atoms with van der Waals surface area (Å²) in [6.45, 7) is 1.84. The lowest BCUT2D eigenvalue weighted by Crippen LogP contribution is -1.93. The highest BCUT2D eigenvalue weighted by atomic mass is 15.3. The Hall–Kier alpha value is -2.26. The second kappa shape index (κ2) is 4.51. The van der Waals surface area contributed by atoms with Gasteiger partial charge in [-0.05, 0) is 23.2 Å². The van der Waals surface area contributed by atoms with E-state index in [1.54, 1.807) is 10.9 Å². The van der Waals surface area contributed by atoms with Gasteiger partial charge in [0.25, 0.3) is 0 Å². The zero-order valence-electron chi connectivity index (χ0n) is 8.85. The molecule has 0 N–H and O–H groups in total. The van der Waals surface area contributed by atoms with E-state index in [9.17, 15) is 0 Å². The summed E-state index contributed by atoms with van der Waals surface area (Å²) in [4.78, 5) is 2.78. The summed E-state index contributed by atoms with van der Waals surface area (Å²) in [6.07, 6.45) is 3.58. The van der Waals surface area contributed by atoms with Crippen LogP contribution >= 0.6 is 0 Å². The van der Waals surface area contributed by atoms with Crippen LogP contribution in [0.4, 0.5) is 0 Å². The molecule has 1 heterocycles. The molecular weight excluding hydrogens is 202 g/mol. The van der Waals surface area contributed by atoms with Crippen LogP contribution in [0.2, 0.25) is 0 Å². The van der Waals surface area contributed by atoms with Gasteiger partial charge in [-0.1, -0.05) is 30.2 Å². The Bertz CT molecular complexity index is 510. The number of aromatic nitrogens is 2. The first-order valence-electron chi connectivity index (χ1n) is 4.95. The van der Waals surface area contributed by atoms with Gasteiger partial charge in [0.1, 0.15) is 0 Å². The van der Waals surface area contributed by atoms with Gasteiger partial charge in [0.05, 0.1) is 17.9 Å². The van der Waals surface area contributed by atoms with Crippen molar-refractivity contribution in [1.29, 1.82) is 0 Å². The highest BCUT2D eigenvalue weighted by molar-refractivity contribution is 5.31. The van der Waals surface area contributed by atoms with Crippen LogP contribution in [0.25, 0.3) is 16.1 Å². The first-order valence-corrected chi connectivity index (χ1v) is 4.95. The predicted octanol–water partition coefficient (Wildman–Crippen LogP) is 3.24. The Labute approximate surface area is 93.0 Å². The molecule has 0 unspecified atom stereocenters. The highest BCUT2D eigenvalue weighted by Crippen LogP contribution is 2.17. The number of benzene rings is 1. The van der Waals surface area contributed by atoms with Gasteiger partial charge in [0.15, 0.2) is 0 Å². The third kappa shape index (κ3) is 2.04. The van der Waals surface area contributed by atoms with E-state index >= 15 is 0 Å². The molecule has 0 aliphatic heterocycles. The van der Waals surface area contributed by atoms with E-state index in [0.29, 0.717) is 0 Å². The van der Waals surface area contributed by atoms with Crippen molar-refractivity contribution in [2.75, 3.05) is 0 Å². The Morgan fingerprint density at radius 1 is 1.38 bits per heavy atom. The van der Waals surface area contributed by atoms with E-state index in [-0.39, 0.29) is 6.04 Å². The van der Waals surface area contributed by atoms with Gasteiger partial charge >= 0.3 is 0 Å². The van der Waals surface area contributed by atoms with Crippen molar-refractivity contribution in [2.24, 2.45) is 5.11 Å². The largest absolute Gasteiger partial charge is 0.241 e. The standard InChI is InChI=1S/C11H11N5/c1-9(14-15-12)10-7-13-16(8-10)11-5-3-2-4-6-11/h2-9H,1H3/t9-/m0/s1.